The maximum atomic E-state index is 9.22. The Bertz CT molecular complexity index is 128. The lowest BCUT2D eigenvalue weighted by Gasteiger charge is -2.27. The van der Waals surface area contributed by atoms with E-state index < -0.39 is 0 Å². The highest BCUT2D eigenvalue weighted by molar-refractivity contribution is 4.79. The number of methoxy groups -OCH3 is 1. The molecule has 0 spiro atoms. The SMILES string of the molecule is CCC(C)[C@H](N)C(C[C@H](C)O)OC. The van der Waals surface area contributed by atoms with Crippen LogP contribution in [0.15, 0.2) is 0 Å². The second-order valence-corrected chi connectivity index (χ2v) is 3.82. The zero-order valence-electron chi connectivity index (χ0n) is 9.16. The van der Waals surface area contributed by atoms with Gasteiger partial charge in [0.1, 0.15) is 0 Å². The molecule has 2 unspecified atom stereocenters. The molecule has 80 valence electrons. The van der Waals surface area contributed by atoms with Gasteiger partial charge in [0.15, 0.2) is 0 Å². The van der Waals surface area contributed by atoms with Crippen molar-refractivity contribution in [2.45, 2.75) is 51.9 Å². The van der Waals surface area contributed by atoms with E-state index in [9.17, 15) is 5.11 Å². The molecule has 3 nitrogen and oxygen atoms in total. The molecule has 0 aliphatic carbocycles. The molecule has 0 bridgehead atoms. The van der Waals surface area contributed by atoms with E-state index in [2.05, 4.69) is 13.8 Å². The Hall–Kier alpha value is -0.120. The minimum Gasteiger partial charge on any atom is -0.393 e. The second-order valence-electron chi connectivity index (χ2n) is 3.82. The van der Waals surface area contributed by atoms with Gasteiger partial charge < -0.3 is 15.6 Å². The Kier molecular flexibility index (Phi) is 6.29. The van der Waals surface area contributed by atoms with E-state index in [-0.39, 0.29) is 18.2 Å². The fourth-order valence-electron chi connectivity index (χ4n) is 1.39. The summed E-state index contributed by atoms with van der Waals surface area (Å²) in [5, 5.41) is 9.22. The Labute approximate surface area is 81.3 Å². The number of aliphatic hydroxyl groups is 1. The van der Waals surface area contributed by atoms with Crippen LogP contribution in [0.25, 0.3) is 0 Å². The maximum Gasteiger partial charge on any atom is 0.0749 e. The van der Waals surface area contributed by atoms with Crippen molar-refractivity contribution >= 4 is 0 Å². The lowest BCUT2D eigenvalue weighted by molar-refractivity contribution is 0.0233. The number of hydrogen-bond donors (Lipinski definition) is 2. The smallest absolute Gasteiger partial charge is 0.0749 e. The lowest BCUT2D eigenvalue weighted by Crippen LogP contribution is -2.42. The van der Waals surface area contributed by atoms with Crippen molar-refractivity contribution in [1.82, 2.24) is 0 Å². The van der Waals surface area contributed by atoms with Gasteiger partial charge in [-0.05, 0) is 12.8 Å². The normalized spacial score (nSPS) is 20.8. The van der Waals surface area contributed by atoms with Crippen LogP contribution in [0.1, 0.15) is 33.6 Å². The third kappa shape index (κ3) is 4.60. The summed E-state index contributed by atoms with van der Waals surface area (Å²) in [6, 6.07) is 0.0181. The van der Waals surface area contributed by atoms with Crippen LogP contribution in [0, 0.1) is 5.92 Å². The highest BCUT2D eigenvalue weighted by Crippen LogP contribution is 2.15. The Balaban J connectivity index is 4.05. The molecular formula is C10H23NO2. The first-order valence-corrected chi connectivity index (χ1v) is 4.99. The molecule has 3 heteroatoms. The molecule has 0 aromatic heterocycles. The summed E-state index contributed by atoms with van der Waals surface area (Å²) < 4.78 is 5.26. The van der Waals surface area contributed by atoms with Crippen LogP contribution < -0.4 is 5.73 Å². The fraction of sp³-hybridized carbons (Fsp3) is 1.00. The summed E-state index contributed by atoms with van der Waals surface area (Å²) in [6.45, 7) is 5.98. The molecule has 0 saturated carbocycles. The van der Waals surface area contributed by atoms with Gasteiger partial charge in [-0.2, -0.15) is 0 Å². The van der Waals surface area contributed by atoms with E-state index in [0.717, 1.165) is 6.42 Å². The molecular weight excluding hydrogens is 166 g/mol. The summed E-state index contributed by atoms with van der Waals surface area (Å²) in [7, 11) is 1.65. The summed E-state index contributed by atoms with van der Waals surface area (Å²) in [5.41, 5.74) is 5.99. The first-order chi connectivity index (χ1) is 6.02. The monoisotopic (exact) mass is 189 g/mol. The maximum absolute atomic E-state index is 9.22. The first-order valence-electron chi connectivity index (χ1n) is 4.99. The van der Waals surface area contributed by atoms with Crippen LogP contribution in [0.2, 0.25) is 0 Å². The van der Waals surface area contributed by atoms with Gasteiger partial charge in [-0.25, -0.2) is 0 Å². The fourth-order valence-corrected chi connectivity index (χ4v) is 1.39. The van der Waals surface area contributed by atoms with E-state index in [1.165, 1.54) is 0 Å². The van der Waals surface area contributed by atoms with Crippen molar-refractivity contribution in [3.63, 3.8) is 0 Å². The van der Waals surface area contributed by atoms with Crippen molar-refractivity contribution in [2.75, 3.05) is 7.11 Å². The Morgan fingerprint density at radius 3 is 2.23 bits per heavy atom. The van der Waals surface area contributed by atoms with Crippen molar-refractivity contribution in [1.29, 1.82) is 0 Å². The van der Waals surface area contributed by atoms with Crippen molar-refractivity contribution in [2.24, 2.45) is 11.7 Å². The average Bonchev–Trinajstić information content (AvgIpc) is 2.11. The predicted octanol–water partition coefficient (Wildman–Crippen LogP) is 1.15. The largest absolute Gasteiger partial charge is 0.393 e. The Morgan fingerprint density at radius 1 is 1.38 bits per heavy atom. The van der Waals surface area contributed by atoms with Crippen LogP contribution in [0.3, 0.4) is 0 Å². The lowest BCUT2D eigenvalue weighted by atomic mass is 9.92. The zero-order valence-corrected chi connectivity index (χ0v) is 9.16. The van der Waals surface area contributed by atoms with E-state index in [4.69, 9.17) is 10.5 Å². The molecule has 0 saturated heterocycles. The van der Waals surface area contributed by atoms with Crippen LogP contribution in [0.5, 0.6) is 0 Å². The van der Waals surface area contributed by atoms with Gasteiger partial charge in [-0.15, -0.1) is 0 Å². The van der Waals surface area contributed by atoms with Gasteiger partial charge in [-0.1, -0.05) is 20.3 Å². The molecule has 13 heavy (non-hydrogen) atoms. The molecule has 0 aliphatic heterocycles. The highest BCUT2D eigenvalue weighted by Gasteiger charge is 2.23. The number of hydrogen-bond acceptors (Lipinski definition) is 3. The van der Waals surface area contributed by atoms with Crippen LogP contribution in [-0.2, 0) is 4.74 Å². The zero-order chi connectivity index (χ0) is 10.4. The van der Waals surface area contributed by atoms with Crippen molar-refractivity contribution in [3.8, 4) is 0 Å². The van der Waals surface area contributed by atoms with Gasteiger partial charge >= 0.3 is 0 Å². The Morgan fingerprint density at radius 2 is 1.92 bits per heavy atom. The molecule has 3 N–H and O–H groups in total. The molecule has 0 aromatic carbocycles. The van der Waals surface area contributed by atoms with Crippen molar-refractivity contribution < 1.29 is 9.84 Å². The van der Waals surface area contributed by atoms with E-state index >= 15 is 0 Å². The second kappa shape index (κ2) is 6.35. The molecule has 0 heterocycles. The molecule has 0 fully saturated rings. The number of ether oxygens (including phenoxy) is 1. The summed E-state index contributed by atoms with van der Waals surface area (Å²) in [6.07, 6.45) is 1.28. The first kappa shape index (κ1) is 12.9. The minimum absolute atomic E-state index is 0.0181. The average molecular weight is 189 g/mol. The van der Waals surface area contributed by atoms with E-state index in [0.29, 0.717) is 12.3 Å². The molecule has 0 radical (unpaired) electrons. The summed E-state index contributed by atoms with van der Waals surface area (Å²) in [4.78, 5) is 0. The van der Waals surface area contributed by atoms with E-state index in [1.54, 1.807) is 14.0 Å². The molecule has 0 aromatic rings. The van der Waals surface area contributed by atoms with Crippen molar-refractivity contribution in [3.05, 3.63) is 0 Å². The third-order valence-corrected chi connectivity index (χ3v) is 2.61. The topological polar surface area (TPSA) is 55.5 Å². The van der Waals surface area contributed by atoms with Crippen LogP contribution in [0.4, 0.5) is 0 Å². The molecule has 0 amide bonds. The third-order valence-electron chi connectivity index (χ3n) is 2.61. The highest BCUT2D eigenvalue weighted by atomic mass is 16.5. The van der Waals surface area contributed by atoms with Crippen LogP contribution >= 0.6 is 0 Å². The van der Waals surface area contributed by atoms with Gasteiger partial charge in [0.05, 0.1) is 12.2 Å². The molecule has 4 atom stereocenters. The summed E-state index contributed by atoms with van der Waals surface area (Å²) >= 11 is 0. The molecule has 0 rings (SSSR count). The van der Waals surface area contributed by atoms with Crippen LogP contribution in [-0.4, -0.2) is 30.5 Å². The quantitative estimate of drug-likeness (QED) is 0.659. The van der Waals surface area contributed by atoms with Gasteiger partial charge in [0.25, 0.3) is 0 Å². The number of nitrogens with two attached hydrogens (primary N) is 1. The molecule has 0 aliphatic rings. The minimum atomic E-state index is -0.347. The van der Waals surface area contributed by atoms with Gasteiger partial charge in [-0.3, -0.25) is 0 Å². The standard InChI is InChI=1S/C10H23NO2/c1-5-7(2)10(11)9(13-4)6-8(3)12/h7-10,12H,5-6,11H2,1-4H3/t7?,8-,9?,10-/m0/s1. The number of aliphatic hydroxyl groups excluding tert-OH is 1. The summed E-state index contributed by atoms with van der Waals surface area (Å²) in [5.74, 6) is 0.434. The van der Waals surface area contributed by atoms with Gasteiger partial charge in [0, 0.05) is 19.6 Å². The van der Waals surface area contributed by atoms with E-state index in [1.807, 2.05) is 0 Å². The number of rotatable bonds is 6. The predicted molar refractivity (Wildman–Crippen MR) is 54.5 cm³/mol. The van der Waals surface area contributed by atoms with Gasteiger partial charge in [0.2, 0.25) is 0 Å².